The molecule has 0 radical (unpaired) electrons. The van der Waals surface area contributed by atoms with Gasteiger partial charge < -0.3 is 9.42 Å². The molecule has 128 valence electrons. The molecule has 0 bridgehead atoms. The molecule has 2 aromatic rings. The number of nitrogens with zero attached hydrogens (tertiary/aromatic N) is 3. The highest BCUT2D eigenvalue weighted by molar-refractivity contribution is 6.30. The van der Waals surface area contributed by atoms with E-state index < -0.39 is 0 Å². The number of aromatic nitrogens is 1. The Balaban J connectivity index is 1.64. The van der Waals surface area contributed by atoms with Gasteiger partial charge in [0, 0.05) is 48.9 Å². The third-order valence-corrected chi connectivity index (χ3v) is 4.75. The summed E-state index contributed by atoms with van der Waals surface area (Å²) in [4.78, 5) is 16.9. The first-order valence-electron chi connectivity index (χ1n) is 8.23. The fourth-order valence-electron chi connectivity index (χ4n) is 3.09. The largest absolute Gasteiger partial charge is 0.361 e. The van der Waals surface area contributed by atoms with Crippen molar-refractivity contribution in [3.63, 3.8) is 0 Å². The molecule has 1 fully saturated rings. The molecular formula is C18H22ClN3O2. The van der Waals surface area contributed by atoms with E-state index in [9.17, 15) is 4.79 Å². The van der Waals surface area contributed by atoms with Crippen molar-refractivity contribution in [1.82, 2.24) is 15.0 Å². The number of rotatable bonds is 3. The molecule has 0 spiro atoms. The van der Waals surface area contributed by atoms with E-state index in [0.717, 1.165) is 49.6 Å². The van der Waals surface area contributed by atoms with Gasteiger partial charge in [-0.1, -0.05) is 22.8 Å². The molecule has 0 atom stereocenters. The summed E-state index contributed by atoms with van der Waals surface area (Å²) >= 11 is 6.00. The number of hydrogen-bond donors (Lipinski definition) is 0. The van der Waals surface area contributed by atoms with Crippen LogP contribution in [0.1, 0.15) is 33.8 Å². The van der Waals surface area contributed by atoms with Crippen LogP contribution in [0.3, 0.4) is 0 Å². The Bertz CT molecular complexity index is 709. The van der Waals surface area contributed by atoms with Crippen LogP contribution >= 0.6 is 11.6 Å². The fraction of sp³-hybridized carbons (Fsp3) is 0.444. The van der Waals surface area contributed by atoms with Crippen LogP contribution in [0.15, 0.2) is 28.8 Å². The van der Waals surface area contributed by atoms with Gasteiger partial charge in [0.1, 0.15) is 5.76 Å². The first-order valence-corrected chi connectivity index (χ1v) is 8.61. The van der Waals surface area contributed by atoms with Crippen LogP contribution in [-0.4, -0.2) is 47.0 Å². The van der Waals surface area contributed by atoms with Crippen molar-refractivity contribution in [3.05, 3.63) is 51.9 Å². The quantitative estimate of drug-likeness (QED) is 0.854. The van der Waals surface area contributed by atoms with Gasteiger partial charge in [-0.25, -0.2) is 0 Å². The topological polar surface area (TPSA) is 49.6 Å². The maximum atomic E-state index is 12.7. The SMILES string of the molecule is Cc1noc(C)c1CN1CCCN(C(=O)c2cccc(Cl)c2)CC1. The van der Waals surface area contributed by atoms with Crippen LogP contribution in [0.2, 0.25) is 5.02 Å². The van der Waals surface area contributed by atoms with Gasteiger partial charge in [-0.15, -0.1) is 0 Å². The Hall–Kier alpha value is -1.85. The van der Waals surface area contributed by atoms with E-state index in [2.05, 4.69) is 10.1 Å². The Morgan fingerprint density at radius 3 is 2.79 bits per heavy atom. The summed E-state index contributed by atoms with van der Waals surface area (Å²) in [6.07, 6.45) is 0.954. The van der Waals surface area contributed by atoms with Crippen LogP contribution in [-0.2, 0) is 6.54 Å². The van der Waals surface area contributed by atoms with Crippen LogP contribution in [0.4, 0.5) is 0 Å². The minimum Gasteiger partial charge on any atom is -0.361 e. The molecule has 0 unspecified atom stereocenters. The normalized spacial score (nSPS) is 16.2. The summed E-state index contributed by atoms with van der Waals surface area (Å²) in [5, 5.41) is 4.61. The number of hydrogen-bond acceptors (Lipinski definition) is 4. The van der Waals surface area contributed by atoms with Crippen molar-refractivity contribution >= 4 is 17.5 Å². The lowest BCUT2D eigenvalue weighted by molar-refractivity contribution is 0.0761. The van der Waals surface area contributed by atoms with Crippen molar-refractivity contribution in [3.8, 4) is 0 Å². The summed E-state index contributed by atoms with van der Waals surface area (Å²) < 4.78 is 5.24. The highest BCUT2D eigenvalue weighted by Gasteiger charge is 2.22. The third-order valence-electron chi connectivity index (χ3n) is 4.51. The average molecular weight is 348 g/mol. The number of halogens is 1. The van der Waals surface area contributed by atoms with E-state index in [-0.39, 0.29) is 5.91 Å². The molecule has 0 N–H and O–H groups in total. The molecule has 1 aliphatic rings. The highest BCUT2D eigenvalue weighted by atomic mass is 35.5. The van der Waals surface area contributed by atoms with E-state index in [1.807, 2.05) is 30.9 Å². The van der Waals surface area contributed by atoms with Crippen LogP contribution in [0.5, 0.6) is 0 Å². The van der Waals surface area contributed by atoms with Crippen molar-refractivity contribution < 1.29 is 9.32 Å². The lowest BCUT2D eigenvalue weighted by Crippen LogP contribution is -2.35. The lowest BCUT2D eigenvalue weighted by Gasteiger charge is -2.22. The third kappa shape index (κ3) is 3.79. The Morgan fingerprint density at radius 1 is 1.25 bits per heavy atom. The van der Waals surface area contributed by atoms with E-state index >= 15 is 0 Å². The molecule has 1 saturated heterocycles. The van der Waals surface area contributed by atoms with Crippen molar-refractivity contribution in [1.29, 1.82) is 0 Å². The molecule has 1 aliphatic heterocycles. The van der Waals surface area contributed by atoms with Crippen LogP contribution in [0.25, 0.3) is 0 Å². The fourth-order valence-corrected chi connectivity index (χ4v) is 3.28. The Morgan fingerprint density at radius 2 is 2.08 bits per heavy atom. The Labute approximate surface area is 147 Å². The van der Waals surface area contributed by atoms with E-state index in [1.54, 1.807) is 12.1 Å². The second-order valence-electron chi connectivity index (χ2n) is 6.23. The van der Waals surface area contributed by atoms with Gasteiger partial charge in [-0.3, -0.25) is 9.69 Å². The predicted molar refractivity (Wildman–Crippen MR) is 93.2 cm³/mol. The molecule has 3 rings (SSSR count). The van der Waals surface area contributed by atoms with Gasteiger partial charge in [0.15, 0.2) is 0 Å². The second-order valence-corrected chi connectivity index (χ2v) is 6.67. The molecule has 1 aromatic carbocycles. The molecule has 6 heteroatoms. The first-order chi connectivity index (χ1) is 11.5. The van der Waals surface area contributed by atoms with E-state index in [4.69, 9.17) is 16.1 Å². The summed E-state index contributed by atoms with van der Waals surface area (Å²) in [7, 11) is 0. The number of amides is 1. The lowest BCUT2D eigenvalue weighted by atomic mass is 10.2. The van der Waals surface area contributed by atoms with Crippen molar-refractivity contribution in [2.45, 2.75) is 26.8 Å². The molecule has 1 amide bonds. The highest BCUT2D eigenvalue weighted by Crippen LogP contribution is 2.18. The summed E-state index contributed by atoms with van der Waals surface area (Å²) in [5.74, 6) is 0.931. The zero-order chi connectivity index (χ0) is 17.1. The first kappa shape index (κ1) is 17.0. The van der Waals surface area contributed by atoms with Crippen LogP contribution < -0.4 is 0 Å². The van der Waals surface area contributed by atoms with Gasteiger partial charge >= 0.3 is 0 Å². The smallest absolute Gasteiger partial charge is 0.253 e. The standard InChI is InChI=1S/C18H22ClN3O2/c1-13-17(14(2)24-20-13)12-21-7-4-8-22(10-9-21)18(23)15-5-3-6-16(19)11-15/h3,5-6,11H,4,7-10,12H2,1-2H3. The van der Waals surface area contributed by atoms with Gasteiger partial charge in [-0.2, -0.15) is 0 Å². The number of benzene rings is 1. The van der Waals surface area contributed by atoms with Crippen LogP contribution in [0, 0.1) is 13.8 Å². The summed E-state index contributed by atoms with van der Waals surface area (Å²) in [5.41, 5.74) is 2.76. The Kier molecular flexibility index (Phi) is 5.21. The van der Waals surface area contributed by atoms with Crippen molar-refractivity contribution in [2.75, 3.05) is 26.2 Å². The molecular weight excluding hydrogens is 326 g/mol. The molecule has 0 aliphatic carbocycles. The molecule has 0 saturated carbocycles. The monoisotopic (exact) mass is 347 g/mol. The summed E-state index contributed by atoms with van der Waals surface area (Å²) in [6, 6.07) is 7.15. The average Bonchev–Trinajstić information content (AvgIpc) is 2.78. The predicted octanol–water partition coefficient (Wildman–Crippen LogP) is 3.29. The zero-order valence-corrected chi connectivity index (χ0v) is 14.8. The van der Waals surface area contributed by atoms with Gasteiger partial charge in [-0.05, 0) is 38.5 Å². The minimum atomic E-state index is 0.0525. The maximum absolute atomic E-state index is 12.7. The van der Waals surface area contributed by atoms with Gasteiger partial charge in [0.05, 0.1) is 5.69 Å². The second kappa shape index (κ2) is 7.36. The molecule has 1 aromatic heterocycles. The minimum absolute atomic E-state index is 0.0525. The van der Waals surface area contributed by atoms with Crippen molar-refractivity contribution in [2.24, 2.45) is 0 Å². The molecule has 24 heavy (non-hydrogen) atoms. The number of carbonyl (C=O) groups excluding carboxylic acids is 1. The summed E-state index contributed by atoms with van der Waals surface area (Å²) in [6.45, 7) is 8.03. The maximum Gasteiger partial charge on any atom is 0.253 e. The number of carbonyl (C=O) groups is 1. The molecule has 2 heterocycles. The zero-order valence-electron chi connectivity index (χ0n) is 14.1. The van der Waals surface area contributed by atoms with E-state index in [1.165, 1.54) is 0 Å². The van der Waals surface area contributed by atoms with Gasteiger partial charge in [0.25, 0.3) is 5.91 Å². The van der Waals surface area contributed by atoms with Gasteiger partial charge in [0.2, 0.25) is 0 Å². The van der Waals surface area contributed by atoms with E-state index in [0.29, 0.717) is 17.1 Å². The molecule has 5 nitrogen and oxygen atoms in total. The number of aryl methyl sites for hydroxylation is 2.